The van der Waals surface area contributed by atoms with Crippen LogP contribution in [0.2, 0.25) is 0 Å². The second kappa shape index (κ2) is 7.65. The van der Waals surface area contributed by atoms with Crippen molar-refractivity contribution in [1.82, 2.24) is 5.32 Å². The molecular formula is C11H15ClN2O3. The van der Waals surface area contributed by atoms with Crippen LogP contribution in [0.25, 0.3) is 0 Å². The Labute approximate surface area is 106 Å². The minimum Gasteiger partial charge on any atom is -0.465 e. The molecule has 0 atom stereocenters. The fraction of sp³-hybridized carbons (Fsp3) is 0.273. The Kier molecular flexibility index (Phi) is 6.93. The van der Waals surface area contributed by atoms with Crippen LogP contribution in [0.3, 0.4) is 0 Å². The van der Waals surface area contributed by atoms with Crippen molar-refractivity contribution >= 4 is 30.0 Å². The molecule has 94 valence electrons. The summed E-state index contributed by atoms with van der Waals surface area (Å²) in [6, 6.07) is 6.58. The van der Waals surface area contributed by atoms with Crippen LogP contribution in [-0.4, -0.2) is 32.6 Å². The van der Waals surface area contributed by atoms with Crippen molar-refractivity contribution in [3.8, 4) is 0 Å². The van der Waals surface area contributed by atoms with Crippen LogP contribution >= 0.6 is 12.4 Å². The zero-order chi connectivity index (χ0) is 12.0. The van der Waals surface area contributed by atoms with Gasteiger partial charge < -0.3 is 15.4 Å². The lowest BCUT2D eigenvalue weighted by Crippen LogP contribution is -2.25. The van der Waals surface area contributed by atoms with Crippen LogP contribution in [0.1, 0.15) is 10.4 Å². The van der Waals surface area contributed by atoms with E-state index in [9.17, 15) is 9.59 Å². The summed E-state index contributed by atoms with van der Waals surface area (Å²) < 4.78 is 4.58. The van der Waals surface area contributed by atoms with Crippen molar-refractivity contribution in [1.29, 1.82) is 0 Å². The van der Waals surface area contributed by atoms with E-state index in [1.54, 1.807) is 31.3 Å². The molecule has 0 fully saturated rings. The quantitative estimate of drug-likeness (QED) is 0.793. The highest BCUT2D eigenvalue weighted by Gasteiger charge is 2.06. The van der Waals surface area contributed by atoms with Crippen LogP contribution in [-0.2, 0) is 9.53 Å². The average Bonchev–Trinajstić information content (AvgIpc) is 2.28. The molecule has 0 aromatic heterocycles. The molecule has 0 unspecified atom stereocenters. The Hall–Kier alpha value is -1.59. The minimum absolute atomic E-state index is 0. The third kappa shape index (κ3) is 4.84. The number of hydrogen-bond donors (Lipinski definition) is 2. The molecule has 1 amide bonds. The molecular weight excluding hydrogens is 244 g/mol. The highest BCUT2D eigenvalue weighted by atomic mass is 35.5. The van der Waals surface area contributed by atoms with E-state index < -0.39 is 5.97 Å². The number of ether oxygens (including phenoxy) is 1. The highest BCUT2D eigenvalue weighted by molar-refractivity contribution is 5.95. The average molecular weight is 259 g/mol. The van der Waals surface area contributed by atoms with Crippen molar-refractivity contribution in [2.75, 3.05) is 26.0 Å². The molecule has 0 saturated carbocycles. The van der Waals surface area contributed by atoms with Gasteiger partial charge >= 0.3 is 5.97 Å². The van der Waals surface area contributed by atoms with Gasteiger partial charge in [0.15, 0.2) is 0 Å². The SMILES string of the molecule is CNCC(=O)Nc1cccc(C(=O)OC)c1.Cl. The fourth-order valence-electron chi connectivity index (χ4n) is 1.21. The molecule has 0 aliphatic heterocycles. The summed E-state index contributed by atoms with van der Waals surface area (Å²) >= 11 is 0. The Morgan fingerprint density at radius 1 is 1.35 bits per heavy atom. The van der Waals surface area contributed by atoms with Gasteiger partial charge in [0.1, 0.15) is 0 Å². The van der Waals surface area contributed by atoms with Gasteiger partial charge in [-0.25, -0.2) is 4.79 Å². The lowest BCUT2D eigenvalue weighted by atomic mass is 10.2. The molecule has 2 N–H and O–H groups in total. The first-order valence-electron chi connectivity index (χ1n) is 4.80. The van der Waals surface area contributed by atoms with Crippen LogP contribution in [0.4, 0.5) is 5.69 Å². The van der Waals surface area contributed by atoms with Gasteiger partial charge in [0, 0.05) is 5.69 Å². The van der Waals surface area contributed by atoms with Gasteiger partial charge in [-0.1, -0.05) is 6.07 Å². The Morgan fingerprint density at radius 2 is 2.06 bits per heavy atom. The molecule has 1 rings (SSSR count). The van der Waals surface area contributed by atoms with Crippen molar-refractivity contribution in [3.63, 3.8) is 0 Å². The largest absolute Gasteiger partial charge is 0.465 e. The highest BCUT2D eigenvalue weighted by Crippen LogP contribution is 2.11. The van der Waals surface area contributed by atoms with Crippen LogP contribution in [0.15, 0.2) is 24.3 Å². The molecule has 1 aromatic carbocycles. The number of esters is 1. The number of nitrogens with one attached hydrogen (secondary N) is 2. The number of benzene rings is 1. The zero-order valence-corrected chi connectivity index (χ0v) is 10.5. The van der Waals surface area contributed by atoms with Gasteiger partial charge in [0.05, 0.1) is 19.2 Å². The maximum atomic E-state index is 11.3. The molecule has 0 aliphatic carbocycles. The summed E-state index contributed by atoms with van der Waals surface area (Å²) in [6.07, 6.45) is 0. The number of likely N-dealkylation sites (N-methyl/N-ethyl adjacent to an activating group) is 1. The molecule has 0 heterocycles. The number of hydrogen-bond acceptors (Lipinski definition) is 4. The summed E-state index contributed by atoms with van der Waals surface area (Å²) in [6.45, 7) is 0.225. The monoisotopic (exact) mass is 258 g/mol. The number of carbonyl (C=O) groups is 2. The first-order valence-corrected chi connectivity index (χ1v) is 4.80. The van der Waals surface area contributed by atoms with E-state index in [1.807, 2.05) is 0 Å². The minimum atomic E-state index is -0.426. The number of carbonyl (C=O) groups excluding carboxylic acids is 2. The summed E-state index contributed by atoms with van der Waals surface area (Å²) in [5.41, 5.74) is 0.980. The molecule has 0 saturated heterocycles. The topological polar surface area (TPSA) is 67.4 Å². The number of amides is 1. The summed E-state index contributed by atoms with van der Waals surface area (Å²) in [4.78, 5) is 22.5. The van der Waals surface area contributed by atoms with Gasteiger partial charge in [-0.2, -0.15) is 0 Å². The smallest absolute Gasteiger partial charge is 0.337 e. The third-order valence-electron chi connectivity index (χ3n) is 1.90. The lowest BCUT2D eigenvalue weighted by Gasteiger charge is -2.06. The molecule has 6 heteroatoms. The van der Waals surface area contributed by atoms with Crippen molar-refractivity contribution < 1.29 is 14.3 Å². The van der Waals surface area contributed by atoms with E-state index in [4.69, 9.17) is 0 Å². The van der Waals surface area contributed by atoms with Gasteiger partial charge in [-0.15, -0.1) is 12.4 Å². The van der Waals surface area contributed by atoms with Crippen molar-refractivity contribution in [2.45, 2.75) is 0 Å². The summed E-state index contributed by atoms with van der Waals surface area (Å²) in [7, 11) is 3.00. The van der Waals surface area contributed by atoms with Gasteiger partial charge in [-0.05, 0) is 25.2 Å². The summed E-state index contributed by atoms with van der Waals surface area (Å²) in [5.74, 6) is -0.589. The van der Waals surface area contributed by atoms with Crippen molar-refractivity contribution in [2.24, 2.45) is 0 Å². The third-order valence-corrected chi connectivity index (χ3v) is 1.90. The maximum absolute atomic E-state index is 11.3. The Balaban J connectivity index is 0.00000256. The molecule has 0 aliphatic rings. The molecule has 1 aromatic rings. The fourth-order valence-corrected chi connectivity index (χ4v) is 1.21. The lowest BCUT2D eigenvalue weighted by molar-refractivity contribution is -0.115. The predicted octanol–water partition coefficient (Wildman–Crippen LogP) is 1.05. The number of halogens is 1. The van der Waals surface area contributed by atoms with Crippen LogP contribution in [0.5, 0.6) is 0 Å². The van der Waals surface area contributed by atoms with E-state index in [-0.39, 0.29) is 24.9 Å². The second-order valence-corrected chi connectivity index (χ2v) is 3.15. The van der Waals surface area contributed by atoms with Crippen molar-refractivity contribution in [3.05, 3.63) is 29.8 Å². The number of rotatable bonds is 4. The van der Waals surface area contributed by atoms with Gasteiger partial charge in [0.2, 0.25) is 5.91 Å². The Bertz CT molecular complexity index is 396. The van der Waals surface area contributed by atoms with E-state index in [1.165, 1.54) is 7.11 Å². The molecule has 0 spiro atoms. The van der Waals surface area contributed by atoms with Crippen LogP contribution in [0, 0.1) is 0 Å². The number of methoxy groups -OCH3 is 1. The standard InChI is InChI=1S/C11H14N2O3.ClH/c1-12-7-10(14)13-9-5-3-4-8(6-9)11(15)16-2;/h3-6,12H,7H2,1-2H3,(H,13,14);1H. The van der Waals surface area contributed by atoms with Gasteiger partial charge in [-0.3, -0.25) is 4.79 Å². The molecule has 5 nitrogen and oxygen atoms in total. The van der Waals surface area contributed by atoms with Crippen LogP contribution < -0.4 is 10.6 Å². The van der Waals surface area contributed by atoms with E-state index in [0.29, 0.717) is 11.3 Å². The molecule has 17 heavy (non-hydrogen) atoms. The summed E-state index contributed by atoms with van der Waals surface area (Å²) in [5, 5.41) is 5.39. The first kappa shape index (κ1) is 15.4. The van der Waals surface area contributed by atoms with Gasteiger partial charge in [0.25, 0.3) is 0 Å². The predicted molar refractivity (Wildman–Crippen MR) is 67.6 cm³/mol. The van der Waals surface area contributed by atoms with E-state index in [0.717, 1.165) is 0 Å². The zero-order valence-electron chi connectivity index (χ0n) is 9.65. The molecule has 0 radical (unpaired) electrons. The Morgan fingerprint density at radius 3 is 2.65 bits per heavy atom. The molecule has 0 bridgehead atoms. The maximum Gasteiger partial charge on any atom is 0.337 e. The number of anilines is 1. The first-order chi connectivity index (χ1) is 7.67. The van der Waals surface area contributed by atoms with E-state index >= 15 is 0 Å². The van der Waals surface area contributed by atoms with E-state index in [2.05, 4.69) is 15.4 Å². The second-order valence-electron chi connectivity index (χ2n) is 3.15. The normalized spacial score (nSPS) is 9.06.